The van der Waals surface area contributed by atoms with Gasteiger partial charge >= 0.3 is 0 Å². The minimum Gasteiger partial charge on any atom is -0.375 e. The van der Waals surface area contributed by atoms with E-state index in [4.69, 9.17) is 21.3 Å². The van der Waals surface area contributed by atoms with Crippen LogP contribution in [0, 0.1) is 0 Å². The summed E-state index contributed by atoms with van der Waals surface area (Å²) >= 11 is 6.10. The van der Waals surface area contributed by atoms with Gasteiger partial charge in [0.15, 0.2) is 5.96 Å². The summed E-state index contributed by atoms with van der Waals surface area (Å²) in [6.07, 6.45) is 2.18. The van der Waals surface area contributed by atoms with Crippen molar-refractivity contribution in [2.24, 2.45) is 4.99 Å². The van der Waals surface area contributed by atoms with Gasteiger partial charge in [0.1, 0.15) is 6.10 Å². The largest absolute Gasteiger partial charge is 0.375 e. The molecule has 1 aliphatic rings. The molecular weight excluding hydrogens is 475 g/mol. The number of nitrogens with zero attached hydrogens (tertiary/aromatic N) is 2. The zero-order valence-corrected chi connectivity index (χ0v) is 20.0. The molecule has 154 valence electrons. The van der Waals surface area contributed by atoms with Gasteiger partial charge in [0.05, 0.1) is 6.54 Å². The minimum absolute atomic E-state index is 0. The fourth-order valence-corrected chi connectivity index (χ4v) is 3.47. The van der Waals surface area contributed by atoms with E-state index < -0.39 is 0 Å². The van der Waals surface area contributed by atoms with Crippen LogP contribution in [0.25, 0.3) is 0 Å². The highest BCUT2D eigenvalue weighted by atomic mass is 127. The molecule has 0 saturated carbocycles. The fourth-order valence-electron chi connectivity index (χ4n) is 3.27. The van der Waals surface area contributed by atoms with Crippen LogP contribution in [-0.4, -0.2) is 56.2 Å². The predicted octanol–water partition coefficient (Wildman–Crippen LogP) is 4.07. The second-order valence-electron chi connectivity index (χ2n) is 7.05. The SMILES string of the molecule is CCNC(=NCC(OC)c1cccc(Cl)c1)NC1CCN(C(C)C)CC1.I. The standard InChI is InChI=1S/C20H33ClN4O.HI/c1-5-22-20(24-18-9-11-25(12-10-18)15(2)3)23-14-19(26-4)16-7-6-8-17(21)13-16;/h6-8,13,15,18-19H,5,9-12,14H2,1-4H3,(H2,22,23,24);1H. The molecule has 1 aromatic carbocycles. The second kappa shape index (κ2) is 12.8. The summed E-state index contributed by atoms with van der Waals surface area (Å²) in [6, 6.07) is 8.87. The Morgan fingerprint density at radius 3 is 2.59 bits per heavy atom. The Balaban J connectivity index is 0.00000364. The third kappa shape index (κ3) is 8.13. The lowest BCUT2D eigenvalue weighted by Gasteiger charge is -2.35. The topological polar surface area (TPSA) is 48.9 Å². The molecule has 7 heteroatoms. The number of hydrogen-bond acceptors (Lipinski definition) is 3. The van der Waals surface area contributed by atoms with Gasteiger partial charge in [0.25, 0.3) is 0 Å². The average molecular weight is 509 g/mol. The van der Waals surface area contributed by atoms with Crippen molar-refractivity contribution < 1.29 is 4.74 Å². The summed E-state index contributed by atoms with van der Waals surface area (Å²) in [4.78, 5) is 7.28. The van der Waals surface area contributed by atoms with Crippen LogP contribution in [0.5, 0.6) is 0 Å². The molecule has 2 rings (SSSR count). The van der Waals surface area contributed by atoms with Gasteiger partial charge in [-0.05, 0) is 51.3 Å². The van der Waals surface area contributed by atoms with Gasteiger partial charge in [-0.3, -0.25) is 4.99 Å². The van der Waals surface area contributed by atoms with E-state index in [-0.39, 0.29) is 30.1 Å². The highest BCUT2D eigenvalue weighted by Crippen LogP contribution is 2.20. The molecule has 1 heterocycles. The molecule has 1 aromatic rings. The van der Waals surface area contributed by atoms with Crippen LogP contribution >= 0.6 is 35.6 Å². The van der Waals surface area contributed by atoms with Gasteiger partial charge < -0.3 is 20.3 Å². The van der Waals surface area contributed by atoms with E-state index in [1.54, 1.807) is 7.11 Å². The molecule has 2 N–H and O–H groups in total. The van der Waals surface area contributed by atoms with Gasteiger partial charge in [0, 0.05) is 43.9 Å². The van der Waals surface area contributed by atoms with Crippen molar-refractivity contribution in [3.63, 3.8) is 0 Å². The molecule has 1 aliphatic heterocycles. The van der Waals surface area contributed by atoms with E-state index in [1.165, 1.54) is 0 Å². The normalized spacial score (nSPS) is 17.5. The molecule has 0 amide bonds. The Morgan fingerprint density at radius 2 is 2.04 bits per heavy atom. The fraction of sp³-hybridized carbons (Fsp3) is 0.650. The summed E-state index contributed by atoms with van der Waals surface area (Å²) in [6.45, 7) is 10.3. The molecule has 0 bridgehead atoms. The number of nitrogens with one attached hydrogen (secondary N) is 2. The van der Waals surface area contributed by atoms with E-state index in [0.717, 1.165) is 49.0 Å². The lowest BCUT2D eigenvalue weighted by atomic mass is 10.0. The van der Waals surface area contributed by atoms with Crippen molar-refractivity contribution in [3.8, 4) is 0 Å². The summed E-state index contributed by atoms with van der Waals surface area (Å²) < 4.78 is 5.62. The summed E-state index contributed by atoms with van der Waals surface area (Å²) in [5.74, 6) is 0.861. The molecule has 5 nitrogen and oxygen atoms in total. The first-order chi connectivity index (χ1) is 12.5. The van der Waals surface area contributed by atoms with Crippen molar-refractivity contribution in [2.45, 2.75) is 51.8 Å². The molecule has 0 aromatic heterocycles. The molecule has 0 spiro atoms. The maximum Gasteiger partial charge on any atom is 0.191 e. The first-order valence-corrected chi connectivity index (χ1v) is 9.98. The quantitative estimate of drug-likeness (QED) is 0.331. The zero-order chi connectivity index (χ0) is 18.9. The van der Waals surface area contributed by atoms with Crippen LogP contribution in [0.2, 0.25) is 5.02 Å². The molecule has 0 radical (unpaired) electrons. The Labute approximate surface area is 186 Å². The first kappa shape index (κ1) is 24.5. The molecule has 1 atom stereocenters. The Kier molecular flexibility index (Phi) is 11.6. The summed E-state index contributed by atoms with van der Waals surface area (Å²) in [7, 11) is 1.71. The highest BCUT2D eigenvalue weighted by Gasteiger charge is 2.21. The molecule has 1 saturated heterocycles. The maximum absolute atomic E-state index is 6.10. The first-order valence-electron chi connectivity index (χ1n) is 9.60. The van der Waals surface area contributed by atoms with Crippen LogP contribution in [0.3, 0.4) is 0 Å². The van der Waals surface area contributed by atoms with Crippen LogP contribution < -0.4 is 10.6 Å². The Hall–Kier alpha value is -0.570. The molecule has 1 fully saturated rings. The van der Waals surface area contributed by atoms with Crippen molar-refractivity contribution in [2.75, 3.05) is 33.3 Å². The van der Waals surface area contributed by atoms with Gasteiger partial charge in [-0.2, -0.15) is 0 Å². The van der Waals surface area contributed by atoms with Crippen LogP contribution in [0.1, 0.15) is 45.3 Å². The molecule has 27 heavy (non-hydrogen) atoms. The Bertz CT molecular complexity index is 577. The van der Waals surface area contributed by atoms with E-state index in [0.29, 0.717) is 18.6 Å². The number of hydrogen-bond donors (Lipinski definition) is 2. The number of likely N-dealkylation sites (tertiary alicyclic amines) is 1. The predicted molar refractivity (Wildman–Crippen MR) is 125 cm³/mol. The molecular formula is C20H34ClIN4O. The van der Waals surface area contributed by atoms with Crippen molar-refractivity contribution in [1.29, 1.82) is 0 Å². The minimum atomic E-state index is -0.105. The molecule has 1 unspecified atom stereocenters. The van der Waals surface area contributed by atoms with E-state index in [2.05, 4.69) is 36.3 Å². The summed E-state index contributed by atoms with van der Waals surface area (Å²) in [5.41, 5.74) is 1.05. The van der Waals surface area contributed by atoms with Gasteiger partial charge in [-0.1, -0.05) is 23.7 Å². The van der Waals surface area contributed by atoms with E-state index >= 15 is 0 Å². The summed E-state index contributed by atoms with van der Waals surface area (Å²) in [5, 5.41) is 7.66. The zero-order valence-electron chi connectivity index (χ0n) is 16.9. The van der Waals surface area contributed by atoms with Gasteiger partial charge in [0.2, 0.25) is 0 Å². The number of piperidine rings is 1. The van der Waals surface area contributed by atoms with E-state index in [1.807, 2.05) is 24.3 Å². The van der Waals surface area contributed by atoms with Crippen LogP contribution in [0.15, 0.2) is 29.3 Å². The smallest absolute Gasteiger partial charge is 0.191 e. The van der Waals surface area contributed by atoms with Gasteiger partial charge in [-0.25, -0.2) is 0 Å². The number of ether oxygens (including phenoxy) is 1. The van der Waals surface area contributed by atoms with Crippen LogP contribution in [0.4, 0.5) is 0 Å². The Morgan fingerprint density at radius 1 is 1.33 bits per heavy atom. The third-order valence-electron chi connectivity index (χ3n) is 4.87. The van der Waals surface area contributed by atoms with Crippen molar-refractivity contribution in [1.82, 2.24) is 15.5 Å². The van der Waals surface area contributed by atoms with Crippen molar-refractivity contribution >= 4 is 41.5 Å². The van der Waals surface area contributed by atoms with Crippen molar-refractivity contribution in [3.05, 3.63) is 34.9 Å². The third-order valence-corrected chi connectivity index (χ3v) is 5.10. The van der Waals surface area contributed by atoms with E-state index in [9.17, 15) is 0 Å². The monoisotopic (exact) mass is 508 g/mol. The second-order valence-corrected chi connectivity index (χ2v) is 7.48. The number of benzene rings is 1. The number of halogens is 2. The number of methoxy groups -OCH3 is 1. The lowest BCUT2D eigenvalue weighted by molar-refractivity contribution is 0.111. The average Bonchev–Trinajstić information content (AvgIpc) is 2.63. The van der Waals surface area contributed by atoms with Gasteiger partial charge in [-0.15, -0.1) is 24.0 Å². The number of rotatable bonds is 7. The lowest BCUT2D eigenvalue weighted by Crippen LogP contribution is -2.50. The van der Waals surface area contributed by atoms with Crippen LogP contribution in [-0.2, 0) is 4.74 Å². The molecule has 0 aliphatic carbocycles. The number of aliphatic imine (C=N–C) groups is 1. The number of guanidine groups is 1. The maximum atomic E-state index is 6.10. The highest BCUT2D eigenvalue weighted by molar-refractivity contribution is 14.0.